The van der Waals surface area contributed by atoms with Crippen molar-refractivity contribution in [1.82, 2.24) is 9.47 Å². The predicted octanol–water partition coefficient (Wildman–Crippen LogP) is 6.01. The summed E-state index contributed by atoms with van der Waals surface area (Å²) in [6, 6.07) is 30.0. The summed E-state index contributed by atoms with van der Waals surface area (Å²) in [5.41, 5.74) is 3.89. The van der Waals surface area contributed by atoms with Crippen LogP contribution in [0, 0.1) is 11.3 Å². The Hall–Kier alpha value is -4.08. The van der Waals surface area contributed by atoms with Crippen molar-refractivity contribution >= 4 is 45.5 Å². The van der Waals surface area contributed by atoms with Crippen LogP contribution in [-0.2, 0) is 17.8 Å². The van der Waals surface area contributed by atoms with E-state index in [1.54, 1.807) is 4.90 Å². The number of fused-ring (bicyclic) bond motifs is 1. The molecule has 0 saturated carbocycles. The predicted molar refractivity (Wildman–Crippen MR) is 139 cm³/mol. The van der Waals surface area contributed by atoms with E-state index in [-0.39, 0.29) is 12.5 Å². The molecule has 0 radical (unpaired) electrons. The third-order valence-electron chi connectivity index (χ3n) is 5.68. The maximum absolute atomic E-state index is 13.5. The summed E-state index contributed by atoms with van der Waals surface area (Å²) >= 11 is 1.40. The van der Waals surface area contributed by atoms with Crippen molar-refractivity contribution in [2.75, 3.05) is 6.54 Å². The minimum Gasteiger partial charge on any atom is -0.333 e. The molecule has 2 heterocycles. The second kappa shape index (κ2) is 9.82. The number of nitrogens with zero attached hydrogens (tertiary/aromatic N) is 4. The second-order valence-electron chi connectivity index (χ2n) is 7.92. The number of aliphatic imine (C=N–C) groups is 1. The summed E-state index contributed by atoms with van der Waals surface area (Å²) in [4.78, 5) is 20.7. The van der Waals surface area contributed by atoms with E-state index in [2.05, 4.69) is 18.2 Å². The van der Waals surface area contributed by atoms with E-state index in [9.17, 15) is 10.1 Å². The number of rotatable bonds is 6. The maximum atomic E-state index is 13.5. The van der Waals surface area contributed by atoms with Crippen LogP contribution in [0.4, 0.5) is 5.69 Å². The Balaban J connectivity index is 1.51. The lowest BCUT2D eigenvalue weighted by atomic mass is 10.1. The minimum absolute atomic E-state index is 0.0484. The molecule has 0 atom stereocenters. The maximum Gasteiger partial charge on any atom is 0.266 e. The van der Waals surface area contributed by atoms with Crippen molar-refractivity contribution in [2.45, 2.75) is 13.0 Å². The van der Waals surface area contributed by atoms with Crippen LogP contribution >= 0.6 is 11.8 Å². The van der Waals surface area contributed by atoms with Gasteiger partial charge in [-0.25, -0.2) is 4.99 Å². The standard InChI is InChI=1S/C28H22N4OS/c29-16-18-31-20-22(24-13-7-8-14-25(24)31)19-26-27(33)32(17-15-21-9-3-1-4-10-21)28(34-26)30-23-11-5-2-6-12-23/h1-14,19-20H,15,17-18H2. The van der Waals surface area contributed by atoms with Gasteiger partial charge in [-0.3, -0.25) is 9.69 Å². The van der Waals surface area contributed by atoms with Crippen molar-refractivity contribution in [2.24, 2.45) is 4.99 Å². The first kappa shape index (κ1) is 21.7. The number of nitriles is 1. The van der Waals surface area contributed by atoms with E-state index in [4.69, 9.17) is 4.99 Å². The SMILES string of the molecule is N#CCn1cc(C=C2SC(=Nc3ccccc3)N(CCc3ccccc3)C2=O)c2ccccc21. The highest BCUT2D eigenvalue weighted by atomic mass is 32.2. The Morgan fingerprint density at radius 3 is 2.41 bits per heavy atom. The molecule has 1 amide bonds. The summed E-state index contributed by atoms with van der Waals surface area (Å²) in [6.07, 6.45) is 4.61. The van der Waals surface area contributed by atoms with E-state index < -0.39 is 0 Å². The molecule has 6 heteroatoms. The van der Waals surface area contributed by atoms with E-state index in [0.29, 0.717) is 16.6 Å². The highest BCUT2D eigenvalue weighted by molar-refractivity contribution is 8.18. The molecule has 4 aromatic rings. The van der Waals surface area contributed by atoms with Crippen LogP contribution in [0.25, 0.3) is 17.0 Å². The summed E-state index contributed by atoms with van der Waals surface area (Å²) < 4.78 is 1.91. The molecule has 0 N–H and O–H groups in total. The molecule has 1 aliphatic rings. The number of carbonyl (C=O) groups is 1. The van der Waals surface area contributed by atoms with Gasteiger partial charge in [0.1, 0.15) is 6.54 Å². The Labute approximate surface area is 202 Å². The summed E-state index contributed by atoms with van der Waals surface area (Å²) in [7, 11) is 0. The minimum atomic E-state index is -0.0484. The van der Waals surface area contributed by atoms with Gasteiger partial charge in [0.2, 0.25) is 0 Å². The van der Waals surface area contributed by atoms with Crippen molar-refractivity contribution < 1.29 is 4.79 Å². The van der Waals surface area contributed by atoms with Crippen LogP contribution in [-0.4, -0.2) is 27.1 Å². The van der Waals surface area contributed by atoms with Gasteiger partial charge in [-0.05, 0) is 48.0 Å². The van der Waals surface area contributed by atoms with Gasteiger partial charge in [0.05, 0.1) is 16.7 Å². The lowest BCUT2D eigenvalue weighted by molar-refractivity contribution is -0.122. The molecule has 166 valence electrons. The number of aromatic nitrogens is 1. The number of para-hydroxylation sites is 2. The molecule has 1 aromatic heterocycles. The van der Waals surface area contributed by atoms with Crippen molar-refractivity contribution in [3.8, 4) is 6.07 Å². The molecule has 1 fully saturated rings. The fourth-order valence-electron chi connectivity index (χ4n) is 4.03. The molecule has 1 aliphatic heterocycles. The number of amides is 1. The molecule has 3 aromatic carbocycles. The van der Waals surface area contributed by atoms with Crippen LogP contribution < -0.4 is 0 Å². The Kier molecular flexibility index (Phi) is 6.28. The quantitative estimate of drug-likeness (QED) is 0.330. The Morgan fingerprint density at radius 2 is 1.65 bits per heavy atom. The molecule has 0 aliphatic carbocycles. The summed E-state index contributed by atoms with van der Waals surface area (Å²) in [5, 5.41) is 10.9. The zero-order valence-electron chi connectivity index (χ0n) is 18.5. The molecule has 34 heavy (non-hydrogen) atoms. The molecule has 0 unspecified atom stereocenters. The number of thioether (sulfide) groups is 1. The molecule has 1 saturated heterocycles. The fraction of sp³-hybridized carbons (Fsp3) is 0.107. The number of hydrogen-bond donors (Lipinski definition) is 0. The average Bonchev–Trinajstić information content (AvgIpc) is 3.36. The third kappa shape index (κ3) is 4.52. The first-order valence-corrected chi connectivity index (χ1v) is 11.9. The van der Waals surface area contributed by atoms with Gasteiger partial charge >= 0.3 is 0 Å². The summed E-state index contributed by atoms with van der Waals surface area (Å²) in [6.45, 7) is 0.809. The second-order valence-corrected chi connectivity index (χ2v) is 8.93. The van der Waals surface area contributed by atoms with E-state index >= 15 is 0 Å². The molecular weight excluding hydrogens is 440 g/mol. The number of carbonyl (C=O) groups excluding carboxylic acids is 1. The van der Waals surface area contributed by atoms with Crippen LogP contribution in [0.3, 0.4) is 0 Å². The van der Waals surface area contributed by atoms with Gasteiger partial charge < -0.3 is 4.57 Å². The van der Waals surface area contributed by atoms with Crippen LogP contribution in [0.1, 0.15) is 11.1 Å². The summed E-state index contributed by atoms with van der Waals surface area (Å²) in [5.74, 6) is -0.0484. The zero-order chi connectivity index (χ0) is 23.3. The first-order chi connectivity index (χ1) is 16.7. The highest BCUT2D eigenvalue weighted by Crippen LogP contribution is 2.35. The van der Waals surface area contributed by atoms with Crippen LogP contribution in [0.15, 0.2) is 101 Å². The number of benzene rings is 3. The highest BCUT2D eigenvalue weighted by Gasteiger charge is 2.33. The molecule has 5 nitrogen and oxygen atoms in total. The van der Waals surface area contributed by atoms with Gasteiger partial charge in [-0.1, -0.05) is 66.7 Å². The van der Waals surface area contributed by atoms with Gasteiger partial charge in [0.15, 0.2) is 5.17 Å². The number of amidine groups is 1. The lowest BCUT2D eigenvalue weighted by Crippen LogP contribution is -2.31. The fourth-order valence-corrected chi connectivity index (χ4v) is 5.04. The average molecular weight is 463 g/mol. The Morgan fingerprint density at radius 1 is 0.941 bits per heavy atom. The Bertz CT molecular complexity index is 1430. The van der Waals surface area contributed by atoms with Gasteiger partial charge in [0.25, 0.3) is 5.91 Å². The molecule has 0 spiro atoms. The van der Waals surface area contributed by atoms with E-state index in [0.717, 1.165) is 28.6 Å². The molecule has 5 rings (SSSR count). The zero-order valence-corrected chi connectivity index (χ0v) is 19.3. The van der Waals surface area contributed by atoms with E-state index in [1.807, 2.05) is 89.6 Å². The normalized spacial score (nSPS) is 16.0. The van der Waals surface area contributed by atoms with E-state index in [1.165, 1.54) is 17.3 Å². The third-order valence-corrected chi connectivity index (χ3v) is 6.69. The lowest BCUT2D eigenvalue weighted by Gasteiger charge is -2.15. The van der Waals surface area contributed by atoms with Gasteiger partial charge in [-0.2, -0.15) is 5.26 Å². The van der Waals surface area contributed by atoms with Gasteiger partial charge in [-0.15, -0.1) is 0 Å². The van der Waals surface area contributed by atoms with Crippen molar-refractivity contribution in [1.29, 1.82) is 5.26 Å². The molecule has 0 bridgehead atoms. The van der Waals surface area contributed by atoms with Crippen molar-refractivity contribution in [3.05, 3.63) is 107 Å². The number of hydrogen-bond acceptors (Lipinski definition) is 4. The largest absolute Gasteiger partial charge is 0.333 e. The van der Waals surface area contributed by atoms with Gasteiger partial charge in [0, 0.05) is 29.2 Å². The topological polar surface area (TPSA) is 61.4 Å². The van der Waals surface area contributed by atoms with Crippen LogP contribution in [0.5, 0.6) is 0 Å². The molecular formula is C28H22N4OS. The van der Waals surface area contributed by atoms with Crippen molar-refractivity contribution in [3.63, 3.8) is 0 Å². The van der Waals surface area contributed by atoms with Crippen LogP contribution in [0.2, 0.25) is 0 Å². The smallest absolute Gasteiger partial charge is 0.266 e. The first-order valence-electron chi connectivity index (χ1n) is 11.1. The monoisotopic (exact) mass is 462 g/mol.